The summed E-state index contributed by atoms with van der Waals surface area (Å²) in [5.41, 5.74) is 1.97. The van der Waals surface area contributed by atoms with Gasteiger partial charge in [0.1, 0.15) is 0 Å². The SMILES string of the molecule is OCC(Nc1ccc(Cl)cc1)c1ccc(Br)cc1. The molecule has 0 amide bonds. The van der Waals surface area contributed by atoms with Crippen LogP contribution in [0.2, 0.25) is 5.02 Å². The summed E-state index contributed by atoms with van der Waals surface area (Å²) in [4.78, 5) is 0. The summed E-state index contributed by atoms with van der Waals surface area (Å²) in [7, 11) is 0. The molecule has 2 nitrogen and oxygen atoms in total. The van der Waals surface area contributed by atoms with Gasteiger partial charge in [0.2, 0.25) is 0 Å². The zero-order valence-corrected chi connectivity index (χ0v) is 11.9. The molecule has 1 unspecified atom stereocenters. The second-order valence-electron chi connectivity index (χ2n) is 3.94. The van der Waals surface area contributed by atoms with Gasteiger partial charge in [-0.05, 0) is 42.0 Å². The highest BCUT2D eigenvalue weighted by atomic mass is 79.9. The number of anilines is 1. The van der Waals surface area contributed by atoms with Gasteiger partial charge in [-0.15, -0.1) is 0 Å². The van der Waals surface area contributed by atoms with Gasteiger partial charge in [0, 0.05) is 15.2 Å². The van der Waals surface area contributed by atoms with Crippen LogP contribution < -0.4 is 5.32 Å². The molecule has 0 saturated heterocycles. The van der Waals surface area contributed by atoms with Gasteiger partial charge in [0.05, 0.1) is 12.6 Å². The van der Waals surface area contributed by atoms with Crippen LogP contribution in [-0.2, 0) is 0 Å². The van der Waals surface area contributed by atoms with E-state index >= 15 is 0 Å². The Bertz CT molecular complexity index is 498. The van der Waals surface area contributed by atoms with Crippen LogP contribution in [0.4, 0.5) is 5.69 Å². The van der Waals surface area contributed by atoms with Crippen LogP contribution in [0.1, 0.15) is 11.6 Å². The number of benzene rings is 2. The Kier molecular flexibility index (Phi) is 4.64. The Morgan fingerprint density at radius 2 is 1.67 bits per heavy atom. The van der Waals surface area contributed by atoms with E-state index in [4.69, 9.17) is 11.6 Å². The number of aliphatic hydroxyl groups excluding tert-OH is 1. The second kappa shape index (κ2) is 6.23. The minimum absolute atomic E-state index is 0.0320. The van der Waals surface area contributed by atoms with Crippen molar-refractivity contribution in [2.45, 2.75) is 6.04 Å². The maximum atomic E-state index is 9.46. The van der Waals surface area contributed by atoms with Crippen LogP contribution in [0.5, 0.6) is 0 Å². The Balaban J connectivity index is 2.14. The lowest BCUT2D eigenvalue weighted by Crippen LogP contribution is -2.14. The maximum Gasteiger partial charge on any atom is 0.0745 e. The molecule has 0 aliphatic rings. The van der Waals surface area contributed by atoms with Crippen molar-refractivity contribution in [1.29, 1.82) is 0 Å². The topological polar surface area (TPSA) is 32.3 Å². The van der Waals surface area contributed by atoms with Crippen LogP contribution in [0.25, 0.3) is 0 Å². The van der Waals surface area contributed by atoms with E-state index in [9.17, 15) is 5.11 Å². The van der Waals surface area contributed by atoms with E-state index in [1.807, 2.05) is 48.5 Å². The fourth-order valence-electron chi connectivity index (χ4n) is 1.68. The average molecular weight is 327 g/mol. The summed E-state index contributed by atoms with van der Waals surface area (Å²) < 4.78 is 1.02. The van der Waals surface area contributed by atoms with Crippen LogP contribution in [0.15, 0.2) is 53.0 Å². The minimum atomic E-state index is -0.126. The third-order valence-electron chi connectivity index (χ3n) is 2.64. The van der Waals surface area contributed by atoms with Gasteiger partial charge >= 0.3 is 0 Å². The first kappa shape index (κ1) is 13.4. The van der Waals surface area contributed by atoms with Crippen LogP contribution in [-0.4, -0.2) is 11.7 Å². The highest BCUT2D eigenvalue weighted by Crippen LogP contribution is 2.22. The van der Waals surface area contributed by atoms with Crippen LogP contribution >= 0.6 is 27.5 Å². The Hall–Kier alpha value is -1.03. The van der Waals surface area contributed by atoms with Crippen molar-refractivity contribution in [3.05, 3.63) is 63.6 Å². The van der Waals surface area contributed by atoms with E-state index in [1.54, 1.807) is 0 Å². The molecule has 1 atom stereocenters. The molecule has 18 heavy (non-hydrogen) atoms. The first-order valence-corrected chi connectivity index (χ1v) is 6.74. The molecule has 0 aliphatic heterocycles. The second-order valence-corrected chi connectivity index (χ2v) is 5.29. The summed E-state index contributed by atoms with van der Waals surface area (Å²) in [5.74, 6) is 0. The zero-order valence-electron chi connectivity index (χ0n) is 9.61. The largest absolute Gasteiger partial charge is 0.394 e. The van der Waals surface area contributed by atoms with Crippen LogP contribution in [0.3, 0.4) is 0 Å². The molecular formula is C14H13BrClNO. The van der Waals surface area contributed by atoms with Crippen molar-refractivity contribution in [2.24, 2.45) is 0 Å². The molecule has 0 spiro atoms. The lowest BCUT2D eigenvalue weighted by Gasteiger charge is -2.18. The fourth-order valence-corrected chi connectivity index (χ4v) is 2.07. The molecule has 0 bridgehead atoms. The molecule has 0 fully saturated rings. The number of aliphatic hydroxyl groups is 1. The molecule has 0 radical (unpaired) electrons. The van der Waals surface area contributed by atoms with Gasteiger partial charge in [-0.3, -0.25) is 0 Å². The van der Waals surface area contributed by atoms with Gasteiger partial charge in [-0.2, -0.15) is 0 Å². The van der Waals surface area contributed by atoms with Crippen LogP contribution in [0, 0.1) is 0 Å². The molecule has 2 rings (SSSR count). The van der Waals surface area contributed by atoms with E-state index in [1.165, 1.54) is 0 Å². The molecule has 0 saturated carbocycles. The molecule has 0 heterocycles. The number of hydrogen-bond donors (Lipinski definition) is 2. The molecule has 0 aliphatic carbocycles. The van der Waals surface area contributed by atoms with Gasteiger partial charge in [-0.1, -0.05) is 39.7 Å². The molecule has 2 aromatic carbocycles. The minimum Gasteiger partial charge on any atom is -0.394 e. The predicted molar refractivity (Wildman–Crippen MR) is 79.0 cm³/mol. The lowest BCUT2D eigenvalue weighted by atomic mass is 10.1. The third-order valence-corrected chi connectivity index (χ3v) is 3.42. The van der Waals surface area contributed by atoms with Gasteiger partial charge in [-0.25, -0.2) is 0 Å². The summed E-state index contributed by atoms with van der Waals surface area (Å²) in [6.45, 7) is 0.0320. The summed E-state index contributed by atoms with van der Waals surface area (Å²) in [6, 6.07) is 15.2. The standard InChI is InChI=1S/C14H13BrClNO/c15-11-3-1-10(2-4-11)14(9-18)17-13-7-5-12(16)6-8-13/h1-8,14,17-18H,9H2. The summed E-state index contributed by atoms with van der Waals surface area (Å²) in [6.07, 6.45) is 0. The van der Waals surface area contributed by atoms with E-state index in [0.29, 0.717) is 5.02 Å². The quantitative estimate of drug-likeness (QED) is 0.880. The monoisotopic (exact) mass is 325 g/mol. The molecule has 2 N–H and O–H groups in total. The first-order valence-electron chi connectivity index (χ1n) is 5.57. The van der Waals surface area contributed by atoms with Gasteiger partial charge in [0.25, 0.3) is 0 Å². The maximum absolute atomic E-state index is 9.46. The Morgan fingerprint density at radius 3 is 2.22 bits per heavy atom. The normalized spacial score (nSPS) is 12.2. The average Bonchev–Trinajstić information content (AvgIpc) is 2.39. The van der Waals surface area contributed by atoms with Crippen molar-refractivity contribution in [3.8, 4) is 0 Å². The Labute approximate surface area is 120 Å². The Morgan fingerprint density at radius 1 is 1.06 bits per heavy atom. The zero-order chi connectivity index (χ0) is 13.0. The van der Waals surface area contributed by atoms with E-state index in [2.05, 4.69) is 21.2 Å². The number of hydrogen-bond acceptors (Lipinski definition) is 2. The highest BCUT2D eigenvalue weighted by molar-refractivity contribution is 9.10. The fraction of sp³-hybridized carbons (Fsp3) is 0.143. The molecule has 0 aromatic heterocycles. The number of halogens is 2. The molecule has 4 heteroatoms. The van der Waals surface area contributed by atoms with E-state index in [0.717, 1.165) is 15.7 Å². The lowest BCUT2D eigenvalue weighted by molar-refractivity contribution is 0.276. The van der Waals surface area contributed by atoms with Crippen molar-refractivity contribution in [1.82, 2.24) is 0 Å². The number of nitrogens with one attached hydrogen (secondary N) is 1. The molecular weight excluding hydrogens is 314 g/mol. The molecule has 2 aromatic rings. The summed E-state index contributed by atoms with van der Waals surface area (Å²) >= 11 is 9.23. The van der Waals surface area contributed by atoms with Crippen molar-refractivity contribution < 1.29 is 5.11 Å². The highest BCUT2D eigenvalue weighted by Gasteiger charge is 2.09. The smallest absolute Gasteiger partial charge is 0.0745 e. The van der Waals surface area contributed by atoms with Crippen molar-refractivity contribution in [2.75, 3.05) is 11.9 Å². The molecule has 94 valence electrons. The predicted octanol–water partition coefficient (Wildman–Crippen LogP) is 4.25. The van der Waals surface area contributed by atoms with Gasteiger partial charge < -0.3 is 10.4 Å². The van der Waals surface area contributed by atoms with E-state index in [-0.39, 0.29) is 12.6 Å². The summed E-state index contributed by atoms with van der Waals surface area (Å²) in [5, 5.41) is 13.4. The van der Waals surface area contributed by atoms with Gasteiger partial charge in [0.15, 0.2) is 0 Å². The van der Waals surface area contributed by atoms with E-state index < -0.39 is 0 Å². The van der Waals surface area contributed by atoms with Crippen molar-refractivity contribution >= 4 is 33.2 Å². The first-order chi connectivity index (χ1) is 8.69. The van der Waals surface area contributed by atoms with Crippen molar-refractivity contribution in [3.63, 3.8) is 0 Å². The third kappa shape index (κ3) is 3.48. The number of rotatable bonds is 4.